The third kappa shape index (κ3) is 3.29. The molecule has 6 heteroatoms. The van der Waals surface area contributed by atoms with Crippen molar-refractivity contribution >= 4 is 10.2 Å². The first-order chi connectivity index (χ1) is 8.81. The van der Waals surface area contributed by atoms with Crippen molar-refractivity contribution in [1.82, 2.24) is 8.61 Å². The highest BCUT2D eigenvalue weighted by Crippen LogP contribution is 2.35. The lowest BCUT2D eigenvalue weighted by atomic mass is 9.81. The molecule has 1 rings (SSSR count). The molecular formula is C13H29N3O2S. The Bertz CT molecular complexity index is 375. The Kier molecular flexibility index (Phi) is 5.79. The van der Waals surface area contributed by atoms with Crippen molar-refractivity contribution in [3.63, 3.8) is 0 Å². The zero-order valence-electron chi connectivity index (χ0n) is 12.7. The molecule has 0 aromatic heterocycles. The highest BCUT2D eigenvalue weighted by Gasteiger charge is 2.44. The number of nitrogens with two attached hydrogens (primary N) is 1. The number of hydrogen-bond donors (Lipinski definition) is 1. The molecule has 0 bridgehead atoms. The molecule has 19 heavy (non-hydrogen) atoms. The van der Waals surface area contributed by atoms with Crippen LogP contribution in [0.1, 0.15) is 52.9 Å². The van der Waals surface area contributed by atoms with Crippen molar-refractivity contribution in [2.24, 2.45) is 5.73 Å². The number of likely N-dealkylation sites (N-methyl/N-ethyl adjacent to an activating group) is 1. The van der Waals surface area contributed by atoms with Gasteiger partial charge >= 0.3 is 0 Å². The molecule has 114 valence electrons. The molecule has 0 aromatic carbocycles. The third-order valence-electron chi connectivity index (χ3n) is 4.35. The summed E-state index contributed by atoms with van der Waals surface area (Å²) in [6.07, 6.45) is 5.06. The lowest BCUT2D eigenvalue weighted by Crippen LogP contribution is -2.60. The minimum absolute atomic E-state index is 0.0440. The normalized spacial score (nSPS) is 20.4. The smallest absolute Gasteiger partial charge is 0.282 e. The van der Waals surface area contributed by atoms with Gasteiger partial charge < -0.3 is 5.73 Å². The van der Waals surface area contributed by atoms with Crippen LogP contribution in [0.15, 0.2) is 0 Å². The summed E-state index contributed by atoms with van der Waals surface area (Å²) < 4.78 is 28.6. The maximum atomic E-state index is 12.8. The van der Waals surface area contributed by atoms with E-state index in [9.17, 15) is 8.42 Å². The Balaban J connectivity index is 3.10. The molecule has 0 heterocycles. The number of rotatable bonds is 6. The Morgan fingerprint density at radius 2 is 1.74 bits per heavy atom. The molecule has 0 aromatic rings. The summed E-state index contributed by atoms with van der Waals surface area (Å²) in [4.78, 5) is 0. The summed E-state index contributed by atoms with van der Waals surface area (Å²) in [5.41, 5.74) is 5.58. The van der Waals surface area contributed by atoms with E-state index in [0.717, 1.165) is 25.7 Å². The summed E-state index contributed by atoms with van der Waals surface area (Å²) in [5.74, 6) is 0. The van der Waals surface area contributed by atoms with Crippen molar-refractivity contribution < 1.29 is 8.42 Å². The minimum atomic E-state index is -3.43. The van der Waals surface area contributed by atoms with E-state index in [1.54, 1.807) is 11.4 Å². The highest BCUT2D eigenvalue weighted by atomic mass is 32.2. The molecule has 0 aliphatic heterocycles. The van der Waals surface area contributed by atoms with Gasteiger partial charge in [-0.1, -0.05) is 26.2 Å². The summed E-state index contributed by atoms with van der Waals surface area (Å²) in [5, 5.41) is 0. The van der Waals surface area contributed by atoms with E-state index >= 15 is 0 Å². The van der Waals surface area contributed by atoms with Gasteiger partial charge in [0.25, 0.3) is 10.2 Å². The number of hydrogen-bond acceptors (Lipinski definition) is 3. The predicted molar refractivity (Wildman–Crippen MR) is 79.1 cm³/mol. The molecule has 0 unspecified atom stereocenters. The molecule has 1 fully saturated rings. The first-order valence-corrected chi connectivity index (χ1v) is 8.67. The summed E-state index contributed by atoms with van der Waals surface area (Å²) >= 11 is 0. The van der Waals surface area contributed by atoms with Crippen LogP contribution in [-0.4, -0.2) is 48.7 Å². The second-order valence-corrected chi connectivity index (χ2v) is 7.68. The third-order valence-corrected chi connectivity index (χ3v) is 6.70. The van der Waals surface area contributed by atoms with Crippen LogP contribution in [0.25, 0.3) is 0 Å². The SMILES string of the molecule is CCN(C1(CN)CCCCC1)S(=O)(=O)N(C)C(C)C. The van der Waals surface area contributed by atoms with Crippen molar-refractivity contribution in [3.05, 3.63) is 0 Å². The second kappa shape index (κ2) is 6.52. The van der Waals surface area contributed by atoms with E-state index in [1.165, 1.54) is 10.7 Å². The quantitative estimate of drug-likeness (QED) is 0.807. The van der Waals surface area contributed by atoms with Gasteiger partial charge in [0.2, 0.25) is 0 Å². The van der Waals surface area contributed by atoms with Gasteiger partial charge in [-0.2, -0.15) is 17.0 Å². The van der Waals surface area contributed by atoms with Crippen molar-refractivity contribution in [2.45, 2.75) is 64.5 Å². The average Bonchev–Trinajstić information content (AvgIpc) is 2.39. The fraction of sp³-hybridized carbons (Fsp3) is 1.00. The molecule has 0 spiro atoms. The topological polar surface area (TPSA) is 66.6 Å². The van der Waals surface area contributed by atoms with Crippen LogP contribution in [0.2, 0.25) is 0 Å². The van der Waals surface area contributed by atoms with Crippen LogP contribution >= 0.6 is 0 Å². The van der Waals surface area contributed by atoms with Crippen LogP contribution in [0.3, 0.4) is 0 Å². The van der Waals surface area contributed by atoms with Gasteiger partial charge in [-0.3, -0.25) is 0 Å². The molecule has 5 nitrogen and oxygen atoms in total. The standard InChI is InChI=1S/C13H29N3O2S/c1-5-16(19(17,18)15(4)12(2)3)13(11-14)9-7-6-8-10-13/h12H,5-11,14H2,1-4H3. The molecule has 1 aliphatic rings. The van der Waals surface area contributed by atoms with Gasteiger partial charge in [0, 0.05) is 31.7 Å². The van der Waals surface area contributed by atoms with E-state index in [0.29, 0.717) is 13.1 Å². The number of nitrogens with zero attached hydrogens (tertiary/aromatic N) is 2. The molecule has 0 atom stereocenters. The zero-order chi connectivity index (χ0) is 14.7. The molecule has 0 amide bonds. The van der Waals surface area contributed by atoms with Crippen LogP contribution in [0, 0.1) is 0 Å². The van der Waals surface area contributed by atoms with Crippen LogP contribution in [-0.2, 0) is 10.2 Å². The van der Waals surface area contributed by atoms with Crippen LogP contribution < -0.4 is 5.73 Å². The van der Waals surface area contributed by atoms with E-state index in [1.807, 2.05) is 20.8 Å². The molecule has 0 saturated heterocycles. The fourth-order valence-electron chi connectivity index (χ4n) is 2.93. The van der Waals surface area contributed by atoms with Crippen LogP contribution in [0.4, 0.5) is 0 Å². The Morgan fingerprint density at radius 3 is 2.11 bits per heavy atom. The van der Waals surface area contributed by atoms with Gasteiger partial charge in [0.05, 0.1) is 0 Å². The maximum absolute atomic E-state index is 12.8. The average molecular weight is 291 g/mol. The highest BCUT2D eigenvalue weighted by molar-refractivity contribution is 7.86. The predicted octanol–water partition coefficient (Wildman–Crippen LogP) is 1.55. The van der Waals surface area contributed by atoms with E-state index in [4.69, 9.17) is 5.73 Å². The first-order valence-electron chi connectivity index (χ1n) is 7.27. The van der Waals surface area contributed by atoms with E-state index in [2.05, 4.69) is 0 Å². The van der Waals surface area contributed by atoms with Gasteiger partial charge in [-0.25, -0.2) is 0 Å². The molecule has 2 N–H and O–H groups in total. The van der Waals surface area contributed by atoms with Gasteiger partial charge in [-0.05, 0) is 26.7 Å². The largest absolute Gasteiger partial charge is 0.329 e. The van der Waals surface area contributed by atoms with Gasteiger partial charge in [-0.15, -0.1) is 0 Å². The van der Waals surface area contributed by atoms with Crippen LogP contribution in [0.5, 0.6) is 0 Å². The van der Waals surface area contributed by atoms with Gasteiger partial charge in [0.15, 0.2) is 0 Å². The fourth-order valence-corrected chi connectivity index (χ4v) is 4.85. The summed E-state index contributed by atoms with van der Waals surface area (Å²) in [6, 6.07) is -0.0440. The lowest BCUT2D eigenvalue weighted by Gasteiger charge is -2.46. The Labute approximate surface area is 118 Å². The summed E-state index contributed by atoms with van der Waals surface area (Å²) in [7, 11) is -1.79. The zero-order valence-corrected chi connectivity index (χ0v) is 13.5. The maximum Gasteiger partial charge on any atom is 0.282 e. The van der Waals surface area contributed by atoms with Crippen molar-refractivity contribution in [3.8, 4) is 0 Å². The monoisotopic (exact) mass is 291 g/mol. The van der Waals surface area contributed by atoms with Crippen molar-refractivity contribution in [2.75, 3.05) is 20.1 Å². The minimum Gasteiger partial charge on any atom is -0.329 e. The Hall–Kier alpha value is -0.170. The second-order valence-electron chi connectivity index (χ2n) is 5.77. The lowest BCUT2D eigenvalue weighted by molar-refractivity contribution is 0.131. The van der Waals surface area contributed by atoms with Crippen molar-refractivity contribution in [1.29, 1.82) is 0 Å². The Morgan fingerprint density at radius 1 is 1.21 bits per heavy atom. The molecule has 1 saturated carbocycles. The molecular weight excluding hydrogens is 262 g/mol. The molecule has 0 radical (unpaired) electrons. The van der Waals surface area contributed by atoms with E-state index < -0.39 is 10.2 Å². The van der Waals surface area contributed by atoms with Gasteiger partial charge in [0.1, 0.15) is 0 Å². The molecule has 1 aliphatic carbocycles. The van der Waals surface area contributed by atoms with E-state index in [-0.39, 0.29) is 11.6 Å². The summed E-state index contributed by atoms with van der Waals surface area (Å²) in [6.45, 7) is 6.57. The first kappa shape index (κ1) is 16.9.